The molecule has 2 amide bonds. The predicted octanol–water partition coefficient (Wildman–Crippen LogP) is 0.724. The number of amides is 2. The normalized spacial score (nSPS) is 22.8. The van der Waals surface area contributed by atoms with Gasteiger partial charge in [-0.1, -0.05) is 13.8 Å². The third-order valence-electron chi connectivity index (χ3n) is 3.92. The van der Waals surface area contributed by atoms with Gasteiger partial charge in [-0.3, -0.25) is 14.3 Å². The number of nitrogens with one attached hydrogen (secondary N) is 1. The van der Waals surface area contributed by atoms with E-state index in [0.29, 0.717) is 25.3 Å². The highest BCUT2D eigenvalue weighted by Crippen LogP contribution is 2.18. The van der Waals surface area contributed by atoms with Gasteiger partial charge in [0.25, 0.3) is 0 Å². The van der Waals surface area contributed by atoms with E-state index in [1.807, 2.05) is 13.1 Å². The smallest absolute Gasteiger partial charge is 0.245 e. The van der Waals surface area contributed by atoms with Crippen LogP contribution in [0, 0.1) is 5.92 Å². The Hall–Kier alpha value is -1.85. The van der Waals surface area contributed by atoms with Crippen molar-refractivity contribution in [3.05, 3.63) is 18.0 Å². The van der Waals surface area contributed by atoms with Crippen LogP contribution in [0.15, 0.2) is 12.3 Å². The Morgan fingerprint density at radius 3 is 2.67 bits per heavy atom. The van der Waals surface area contributed by atoms with E-state index in [4.69, 9.17) is 0 Å². The fourth-order valence-corrected chi connectivity index (χ4v) is 2.74. The zero-order chi connectivity index (χ0) is 15.6. The van der Waals surface area contributed by atoms with Gasteiger partial charge in [-0.25, -0.2) is 0 Å². The van der Waals surface area contributed by atoms with Crippen LogP contribution in [0.25, 0.3) is 0 Å². The second-order valence-corrected chi connectivity index (χ2v) is 6.10. The van der Waals surface area contributed by atoms with Crippen molar-refractivity contribution in [2.75, 3.05) is 6.54 Å². The molecule has 2 unspecified atom stereocenters. The Morgan fingerprint density at radius 2 is 2.10 bits per heavy atom. The highest BCUT2D eigenvalue weighted by atomic mass is 16.2. The second kappa shape index (κ2) is 6.28. The van der Waals surface area contributed by atoms with E-state index in [0.717, 1.165) is 5.69 Å². The molecular weight excluding hydrogens is 268 g/mol. The lowest BCUT2D eigenvalue weighted by atomic mass is 9.98. The molecule has 0 radical (unpaired) electrons. The highest BCUT2D eigenvalue weighted by molar-refractivity contribution is 5.96. The van der Waals surface area contributed by atoms with Gasteiger partial charge in [-0.15, -0.1) is 0 Å². The number of rotatable bonds is 5. The molecule has 1 saturated heterocycles. The first kappa shape index (κ1) is 15.5. The Kier molecular flexibility index (Phi) is 4.65. The molecule has 6 heteroatoms. The third-order valence-corrected chi connectivity index (χ3v) is 3.92. The van der Waals surface area contributed by atoms with Gasteiger partial charge in [-0.05, 0) is 25.3 Å². The van der Waals surface area contributed by atoms with E-state index in [-0.39, 0.29) is 17.9 Å². The van der Waals surface area contributed by atoms with Crippen LogP contribution in [0.4, 0.5) is 0 Å². The van der Waals surface area contributed by atoms with Gasteiger partial charge in [0.15, 0.2) is 0 Å². The summed E-state index contributed by atoms with van der Waals surface area (Å²) in [6.45, 7) is 6.42. The molecule has 1 N–H and O–H groups in total. The molecule has 6 nitrogen and oxygen atoms in total. The summed E-state index contributed by atoms with van der Waals surface area (Å²) in [4.78, 5) is 26.3. The van der Waals surface area contributed by atoms with Crippen molar-refractivity contribution in [2.45, 2.75) is 45.7 Å². The molecule has 21 heavy (non-hydrogen) atoms. The topological polar surface area (TPSA) is 67.2 Å². The number of carbonyl (C=O) groups is 2. The number of carbonyl (C=O) groups excluding carboxylic acids is 2. The summed E-state index contributed by atoms with van der Waals surface area (Å²) in [7, 11) is 1.88. The lowest BCUT2D eigenvalue weighted by Crippen LogP contribution is -2.63. The number of hydrogen-bond donors (Lipinski definition) is 1. The van der Waals surface area contributed by atoms with Crippen molar-refractivity contribution in [1.29, 1.82) is 0 Å². The van der Waals surface area contributed by atoms with Crippen LogP contribution in [0.1, 0.15) is 32.9 Å². The molecule has 0 bridgehead atoms. The van der Waals surface area contributed by atoms with Gasteiger partial charge in [0.2, 0.25) is 11.8 Å². The minimum atomic E-state index is -0.438. The van der Waals surface area contributed by atoms with Gasteiger partial charge < -0.3 is 10.2 Å². The van der Waals surface area contributed by atoms with Crippen molar-refractivity contribution in [3.8, 4) is 0 Å². The lowest BCUT2D eigenvalue weighted by molar-refractivity contribution is -0.149. The molecule has 1 aromatic heterocycles. The molecule has 0 aliphatic carbocycles. The van der Waals surface area contributed by atoms with Crippen molar-refractivity contribution >= 4 is 11.8 Å². The van der Waals surface area contributed by atoms with Gasteiger partial charge in [0.05, 0.1) is 0 Å². The van der Waals surface area contributed by atoms with Crippen LogP contribution < -0.4 is 5.32 Å². The number of hydrogen-bond acceptors (Lipinski definition) is 3. The van der Waals surface area contributed by atoms with E-state index in [1.165, 1.54) is 0 Å². The first-order valence-corrected chi connectivity index (χ1v) is 7.48. The molecule has 0 saturated carbocycles. The zero-order valence-electron chi connectivity index (χ0n) is 13.2. The molecule has 2 rings (SSSR count). The molecule has 116 valence electrons. The molecule has 1 aliphatic rings. The lowest BCUT2D eigenvalue weighted by Gasteiger charge is -2.38. The summed E-state index contributed by atoms with van der Waals surface area (Å²) in [6, 6.07) is 1.14. The molecular formula is C15H24N4O2. The first-order valence-electron chi connectivity index (χ1n) is 7.48. The average molecular weight is 292 g/mol. The first-order chi connectivity index (χ1) is 9.90. The van der Waals surface area contributed by atoms with E-state index in [2.05, 4.69) is 24.3 Å². The van der Waals surface area contributed by atoms with Crippen LogP contribution in [-0.4, -0.2) is 45.1 Å². The van der Waals surface area contributed by atoms with Crippen LogP contribution in [-0.2, 0) is 23.1 Å². The Bertz CT molecular complexity index is 523. The molecule has 1 aromatic rings. The van der Waals surface area contributed by atoms with Gasteiger partial charge in [0, 0.05) is 31.9 Å². The van der Waals surface area contributed by atoms with E-state index in [1.54, 1.807) is 22.7 Å². The van der Waals surface area contributed by atoms with E-state index < -0.39 is 6.04 Å². The summed E-state index contributed by atoms with van der Waals surface area (Å²) in [5, 5.41) is 6.90. The summed E-state index contributed by atoms with van der Waals surface area (Å²) < 4.78 is 1.80. The quantitative estimate of drug-likeness (QED) is 0.870. The maximum atomic E-state index is 12.4. The average Bonchev–Trinajstić information content (AvgIpc) is 2.81. The molecule has 1 fully saturated rings. The van der Waals surface area contributed by atoms with Crippen LogP contribution in [0.2, 0.25) is 0 Å². The number of nitrogens with zero attached hydrogens (tertiary/aromatic N) is 3. The summed E-state index contributed by atoms with van der Waals surface area (Å²) in [5.41, 5.74) is 1.06. The van der Waals surface area contributed by atoms with Crippen LogP contribution in [0.3, 0.4) is 0 Å². The highest BCUT2D eigenvalue weighted by Gasteiger charge is 2.38. The van der Waals surface area contributed by atoms with Crippen molar-refractivity contribution < 1.29 is 9.59 Å². The SMILES string of the molecule is CC(C)CC1C(=O)NC(C)C(=O)N1CCc1ccnn1C. The van der Waals surface area contributed by atoms with E-state index >= 15 is 0 Å². The molecule has 0 aromatic carbocycles. The number of aromatic nitrogens is 2. The zero-order valence-corrected chi connectivity index (χ0v) is 13.2. The number of piperazine rings is 1. The largest absolute Gasteiger partial charge is 0.343 e. The third kappa shape index (κ3) is 3.43. The van der Waals surface area contributed by atoms with E-state index in [9.17, 15) is 9.59 Å². The molecule has 0 spiro atoms. The second-order valence-electron chi connectivity index (χ2n) is 6.10. The molecule has 2 atom stereocenters. The summed E-state index contributed by atoms with van der Waals surface area (Å²) in [5.74, 6) is 0.324. The standard InChI is InChI=1S/C15H24N4O2/c1-10(2)9-13-14(20)17-11(3)15(21)19(13)8-6-12-5-7-16-18(12)4/h5,7,10-11,13H,6,8-9H2,1-4H3,(H,17,20). The minimum Gasteiger partial charge on any atom is -0.343 e. The molecule has 2 heterocycles. The van der Waals surface area contributed by atoms with Gasteiger partial charge in [-0.2, -0.15) is 5.10 Å². The summed E-state index contributed by atoms with van der Waals surface area (Å²) >= 11 is 0. The monoisotopic (exact) mass is 292 g/mol. The fraction of sp³-hybridized carbons (Fsp3) is 0.667. The maximum Gasteiger partial charge on any atom is 0.245 e. The van der Waals surface area contributed by atoms with Crippen molar-refractivity contribution in [2.24, 2.45) is 13.0 Å². The van der Waals surface area contributed by atoms with Gasteiger partial charge >= 0.3 is 0 Å². The Balaban J connectivity index is 2.12. The predicted molar refractivity (Wildman–Crippen MR) is 79.5 cm³/mol. The maximum absolute atomic E-state index is 12.4. The van der Waals surface area contributed by atoms with Crippen LogP contribution in [0.5, 0.6) is 0 Å². The van der Waals surface area contributed by atoms with Gasteiger partial charge in [0.1, 0.15) is 12.1 Å². The van der Waals surface area contributed by atoms with Crippen LogP contribution >= 0.6 is 0 Å². The minimum absolute atomic E-state index is 0.00224. The molecule has 1 aliphatic heterocycles. The summed E-state index contributed by atoms with van der Waals surface area (Å²) in [6.07, 6.45) is 3.14. The van der Waals surface area contributed by atoms with Crippen molar-refractivity contribution in [1.82, 2.24) is 20.0 Å². The Labute approximate surface area is 125 Å². The fourth-order valence-electron chi connectivity index (χ4n) is 2.74. The number of aryl methyl sites for hydroxylation is 1. The Morgan fingerprint density at radius 1 is 1.38 bits per heavy atom. The van der Waals surface area contributed by atoms with Crippen molar-refractivity contribution in [3.63, 3.8) is 0 Å².